The Morgan fingerprint density at radius 1 is 1.21 bits per heavy atom. The number of fused-ring (bicyclic) bond motifs is 1. The van der Waals surface area contributed by atoms with Crippen LogP contribution in [0.15, 0.2) is 24.3 Å². The van der Waals surface area contributed by atoms with E-state index in [1.807, 2.05) is 31.2 Å². The summed E-state index contributed by atoms with van der Waals surface area (Å²) in [6.45, 7) is 9.70. The van der Waals surface area contributed by atoms with E-state index in [1.54, 1.807) is 13.8 Å². The molecule has 0 spiro atoms. The average Bonchev–Trinajstić information content (AvgIpc) is 2.87. The maximum Gasteiger partial charge on any atom is 0.249 e. The monoisotopic (exact) mass is 403 g/mol. The Labute approximate surface area is 170 Å². The summed E-state index contributed by atoms with van der Waals surface area (Å²) < 4.78 is -0.656. The molecule has 0 bridgehead atoms. The van der Waals surface area contributed by atoms with Crippen molar-refractivity contribution in [3.63, 3.8) is 0 Å². The Morgan fingerprint density at radius 3 is 2.36 bits per heavy atom. The van der Waals surface area contributed by atoms with Crippen molar-refractivity contribution in [2.45, 2.75) is 69.2 Å². The van der Waals surface area contributed by atoms with Crippen LogP contribution in [-0.4, -0.2) is 44.9 Å². The Bertz CT molecular complexity index is 790. The molecule has 0 aliphatic carbocycles. The van der Waals surface area contributed by atoms with Crippen molar-refractivity contribution in [2.24, 2.45) is 5.92 Å². The molecule has 2 saturated heterocycles. The summed E-state index contributed by atoms with van der Waals surface area (Å²) in [5.74, 6) is -1.67. The van der Waals surface area contributed by atoms with E-state index in [-0.39, 0.29) is 17.2 Å². The molecule has 4 unspecified atom stereocenters. The first-order valence-corrected chi connectivity index (χ1v) is 10.5. The SMILES string of the molecule is CC(C)Cc1ccc(C(C)C(=O)NC2C(=O)N3C2SC(C)(C)C3C(=O)[O-])cc1. The van der Waals surface area contributed by atoms with Gasteiger partial charge in [-0.15, -0.1) is 11.8 Å². The highest BCUT2D eigenvalue weighted by Gasteiger charge is 2.62. The summed E-state index contributed by atoms with van der Waals surface area (Å²) in [5.41, 5.74) is 2.12. The molecule has 1 aromatic rings. The van der Waals surface area contributed by atoms with Gasteiger partial charge in [0.1, 0.15) is 11.4 Å². The van der Waals surface area contributed by atoms with Crippen LogP contribution in [0.2, 0.25) is 0 Å². The first kappa shape index (κ1) is 20.7. The van der Waals surface area contributed by atoms with Crippen LogP contribution in [0.1, 0.15) is 51.7 Å². The van der Waals surface area contributed by atoms with Gasteiger partial charge in [-0.2, -0.15) is 0 Å². The molecule has 2 amide bonds. The number of carbonyl (C=O) groups excluding carboxylic acids is 3. The van der Waals surface area contributed by atoms with Crippen LogP contribution >= 0.6 is 11.8 Å². The van der Waals surface area contributed by atoms with E-state index in [9.17, 15) is 19.5 Å². The lowest BCUT2D eigenvalue weighted by Crippen LogP contribution is -2.71. The molecule has 2 heterocycles. The van der Waals surface area contributed by atoms with Crippen LogP contribution in [0, 0.1) is 5.92 Å². The van der Waals surface area contributed by atoms with Gasteiger partial charge >= 0.3 is 0 Å². The predicted octanol–water partition coefficient (Wildman–Crippen LogP) is 1.29. The normalized spacial score (nSPS) is 26.6. The molecule has 6 nitrogen and oxygen atoms in total. The number of nitrogens with zero attached hydrogens (tertiary/aromatic N) is 1. The van der Waals surface area contributed by atoms with Gasteiger partial charge in [0.15, 0.2) is 0 Å². The van der Waals surface area contributed by atoms with Gasteiger partial charge in [0.2, 0.25) is 11.8 Å². The quantitative estimate of drug-likeness (QED) is 0.723. The largest absolute Gasteiger partial charge is 0.548 e. The fourth-order valence-corrected chi connectivity index (χ4v) is 5.59. The number of amides is 2. The van der Waals surface area contributed by atoms with Gasteiger partial charge < -0.3 is 20.1 Å². The summed E-state index contributed by atoms with van der Waals surface area (Å²) in [4.78, 5) is 38.0. The topological polar surface area (TPSA) is 89.5 Å². The smallest absolute Gasteiger partial charge is 0.249 e. The van der Waals surface area contributed by atoms with E-state index in [1.165, 1.54) is 22.2 Å². The van der Waals surface area contributed by atoms with Gasteiger partial charge in [-0.05, 0) is 44.2 Å². The van der Waals surface area contributed by atoms with Gasteiger partial charge in [-0.3, -0.25) is 9.59 Å². The summed E-state index contributed by atoms with van der Waals surface area (Å²) in [5, 5.41) is 13.9. The minimum absolute atomic E-state index is 0.232. The van der Waals surface area contributed by atoms with Crippen LogP contribution in [-0.2, 0) is 20.8 Å². The van der Waals surface area contributed by atoms with E-state index in [0.717, 1.165) is 12.0 Å². The second kappa shape index (κ2) is 7.43. The number of carbonyl (C=O) groups is 3. The lowest BCUT2D eigenvalue weighted by Gasteiger charge is -2.45. The zero-order chi connectivity index (χ0) is 20.8. The Kier molecular flexibility index (Phi) is 5.49. The standard InChI is InChI=1S/C21H28N2O4S/c1-11(2)10-13-6-8-14(9-7-13)12(3)17(24)22-15-18(25)23-16(20(26)27)21(4,5)28-19(15)23/h6-9,11-12,15-16,19H,10H2,1-5H3,(H,22,24)(H,26,27)/p-1. The molecule has 28 heavy (non-hydrogen) atoms. The molecule has 152 valence electrons. The third-order valence-electron chi connectivity index (χ3n) is 5.48. The number of hydrogen-bond acceptors (Lipinski definition) is 5. The van der Waals surface area contributed by atoms with Crippen molar-refractivity contribution in [1.29, 1.82) is 0 Å². The van der Waals surface area contributed by atoms with E-state index in [4.69, 9.17) is 0 Å². The molecule has 4 atom stereocenters. The number of aliphatic carboxylic acids is 1. The molecular weight excluding hydrogens is 376 g/mol. The molecular formula is C21H27N2O4S-. The maximum atomic E-state index is 12.7. The lowest BCUT2D eigenvalue weighted by molar-refractivity contribution is -0.312. The summed E-state index contributed by atoms with van der Waals surface area (Å²) >= 11 is 1.39. The number of carboxylic acid groups (broad SMARTS) is 1. The molecule has 0 radical (unpaired) electrons. The number of nitrogens with one attached hydrogen (secondary N) is 1. The summed E-state index contributed by atoms with van der Waals surface area (Å²) in [7, 11) is 0. The second-order valence-electron chi connectivity index (χ2n) is 8.63. The molecule has 3 rings (SSSR count). The first-order chi connectivity index (χ1) is 13.0. The second-order valence-corrected chi connectivity index (χ2v) is 10.4. The highest BCUT2D eigenvalue weighted by molar-refractivity contribution is 8.01. The van der Waals surface area contributed by atoms with Gasteiger partial charge in [0.25, 0.3) is 0 Å². The van der Waals surface area contributed by atoms with Crippen molar-refractivity contribution in [3.8, 4) is 0 Å². The summed E-state index contributed by atoms with van der Waals surface area (Å²) in [6, 6.07) is 6.31. The third kappa shape index (κ3) is 3.64. The number of hydrogen-bond donors (Lipinski definition) is 1. The fourth-order valence-electron chi connectivity index (χ4n) is 3.97. The van der Waals surface area contributed by atoms with E-state index in [0.29, 0.717) is 5.92 Å². The number of rotatable bonds is 6. The van der Waals surface area contributed by atoms with Crippen molar-refractivity contribution in [2.75, 3.05) is 0 Å². The van der Waals surface area contributed by atoms with E-state index >= 15 is 0 Å². The predicted molar refractivity (Wildman–Crippen MR) is 106 cm³/mol. The van der Waals surface area contributed by atoms with Gasteiger partial charge in [0, 0.05) is 4.75 Å². The molecule has 0 saturated carbocycles. The number of benzene rings is 1. The maximum absolute atomic E-state index is 12.7. The highest BCUT2D eigenvalue weighted by atomic mass is 32.2. The van der Waals surface area contributed by atoms with Crippen LogP contribution < -0.4 is 10.4 Å². The molecule has 7 heteroatoms. The molecule has 2 fully saturated rings. The molecule has 2 aliphatic heterocycles. The first-order valence-electron chi connectivity index (χ1n) is 9.63. The van der Waals surface area contributed by atoms with Crippen molar-refractivity contribution >= 4 is 29.5 Å². The number of carboxylic acids is 1. The van der Waals surface area contributed by atoms with E-state index in [2.05, 4.69) is 19.2 Å². The molecule has 1 aromatic carbocycles. The minimum Gasteiger partial charge on any atom is -0.548 e. The van der Waals surface area contributed by atoms with Gasteiger partial charge in [0.05, 0.1) is 17.9 Å². The Morgan fingerprint density at radius 2 is 1.82 bits per heavy atom. The number of thioether (sulfide) groups is 1. The third-order valence-corrected chi connectivity index (χ3v) is 7.05. The van der Waals surface area contributed by atoms with Crippen molar-refractivity contribution < 1.29 is 19.5 Å². The highest BCUT2D eigenvalue weighted by Crippen LogP contribution is 2.50. The molecule has 2 aliphatic rings. The fraction of sp³-hybridized carbons (Fsp3) is 0.571. The number of β-lactam (4-membered cyclic amide) rings is 1. The van der Waals surface area contributed by atoms with Crippen LogP contribution in [0.3, 0.4) is 0 Å². The summed E-state index contributed by atoms with van der Waals surface area (Å²) in [6.07, 6.45) is 0.988. The minimum atomic E-state index is -1.26. The van der Waals surface area contributed by atoms with Gasteiger partial charge in [-0.25, -0.2) is 0 Å². The van der Waals surface area contributed by atoms with Crippen molar-refractivity contribution in [3.05, 3.63) is 35.4 Å². The average molecular weight is 404 g/mol. The zero-order valence-electron chi connectivity index (χ0n) is 16.9. The zero-order valence-corrected chi connectivity index (χ0v) is 17.7. The molecule has 1 N–H and O–H groups in total. The van der Waals surface area contributed by atoms with Crippen LogP contribution in [0.5, 0.6) is 0 Å². The van der Waals surface area contributed by atoms with E-state index < -0.39 is 28.7 Å². The van der Waals surface area contributed by atoms with Gasteiger partial charge in [-0.1, -0.05) is 38.1 Å². The molecule has 0 aromatic heterocycles. The Balaban J connectivity index is 1.65. The van der Waals surface area contributed by atoms with Crippen LogP contribution in [0.4, 0.5) is 0 Å². The lowest BCUT2D eigenvalue weighted by atomic mass is 9.94. The van der Waals surface area contributed by atoms with Crippen LogP contribution in [0.25, 0.3) is 0 Å². The van der Waals surface area contributed by atoms with Crippen molar-refractivity contribution in [1.82, 2.24) is 10.2 Å². The Hall–Kier alpha value is -2.02.